The standard InChI is InChI=1S/C24H23N3O3S/c1-15-4-7-18(10-16(15)2)20-13-31-23-22(20)24(29)27(14-26-23)12-21(28)25-11-17-5-8-19(30-3)9-6-17/h4-10,13-14H,11-12H2,1-3H3,(H,25,28). The summed E-state index contributed by atoms with van der Waals surface area (Å²) >= 11 is 1.44. The molecule has 0 fully saturated rings. The Kier molecular flexibility index (Phi) is 5.86. The highest BCUT2D eigenvalue weighted by molar-refractivity contribution is 7.17. The molecule has 0 spiro atoms. The third-order valence-corrected chi connectivity index (χ3v) is 6.23. The van der Waals surface area contributed by atoms with Crippen molar-refractivity contribution < 1.29 is 9.53 Å². The van der Waals surface area contributed by atoms with Gasteiger partial charge in [-0.3, -0.25) is 14.2 Å². The lowest BCUT2D eigenvalue weighted by atomic mass is 10.0. The largest absolute Gasteiger partial charge is 0.497 e. The van der Waals surface area contributed by atoms with E-state index in [2.05, 4.69) is 36.3 Å². The van der Waals surface area contributed by atoms with Crippen LogP contribution >= 0.6 is 11.3 Å². The zero-order chi connectivity index (χ0) is 22.0. The van der Waals surface area contributed by atoms with E-state index in [1.165, 1.54) is 33.4 Å². The fourth-order valence-corrected chi connectivity index (χ4v) is 4.26. The molecule has 2 aromatic heterocycles. The molecule has 0 aliphatic carbocycles. The molecule has 158 valence electrons. The van der Waals surface area contributed by atoms with Crippen LogP contribution in [-0.2, 0) is 17.9 Å². The summed E-state index contributed by atoms with van der Waals surface area (Å²) in [6.07, 6.45) is 1.44. The number of nitrogens with zero attached hydrogens (tertiary/aromatic N) is 2. The highest BCUT2D eigenvalue weighted by Crippen LogP contribution is 2.31. The predicted octanol–water partition coefficient (Wildman–Crippen LogP) is 4.07. The maximum absolute atomic E-state index is 13.2. The Bertz CT molecular complexity index is 1310. The van der Waals surface area contributed by atoms with E-state index in [1.54, 1.807) is 7.11 Å². The first-order valence-electron chi connectivity index (χ1n) is 9.90. The van der Waals surface area contributed by atoms with E-state index in [9.17, 15) is 9.59 Å². The van der Waals surface area contributed by atoms with Crippen molar-refractivity contribution in [3.05, 3.63) is 81.2 Å². The fraction of sp³-hybridized carbons (Fsp3) is 0.208. The Morgan fingerprint density at radius 1 is 1.13 bits per heavy atom. The first-order valence-corrected chi connectivity index (χ1v) is 10.8. The second kappa shape index (κ2) is 8.73. The van der Waals surface area contributed by atoms with Gasteiger partial charge < -0.3 is 10.1 Å². The quantitative estimate of drug-likeness (QED) is 0.498. The summed E-state index contributed by atoms with van der Waals surface area (Å²) < 4.78 is 6.50. The van der Waals surface area contributed by atoms with Gasteiger partial charge in [0.25, 0.3) is 5.56 Å². The zero-order valence-electron chi connectivity index (χ0n) is 17.6. The van der Waals surface area contributed by atoms with Crippen LogP contribution in [0.3, 0.4) is 0 Å². The number of benzene rings is 2. The first kappa shape index (κ1) is 20.8. The van der Waals surface area contributed by atoms with Gasteiger partial charge in [0.05, 0.1) is 18.8 Å². The van der Waals surface area contributed by atoms with Crippen LogP contribution in [0.15, 0.2) is 59.0 Å². The Labute approximate surface area is 184 Å². The van der Waals surface area contributed by atoms with E-state index in [0.717, 1.165) is 22.4 Å². The minimum atomic E-state index is -0.248. The molecule has 0 saturated carbocycles. The smallest absolute Gasteiger partial charge is 0.263 e. The van der Waals surface area contributed by atoms with Gasteiger partial charge in [0, 0.05) is 17.5 Å². The molecule has 2 heterocycles. The molecule has 6 nitrogen and oxygen atoms in total. The summed E-state index contributed by atoms with van der Waals surface area (Å²) in [4.78, 5) is 30.7. The summed E-state index contributed by atoms with van der Waals surface area (Å²) in [6.45, 7) is 4.40. The van der Waals surface area contributed by atoms with Crippen LogP contribution < -0.4 is 15.6 Å². The third-order valence-electron chi connectivity index (χ3n) is 5.34. The van der Waals surface area contributed by atoms with Gasteiger partial charge in [-0.1, -0.05) is 30.3 Å². The van der Waals surface area contributed by atoms with Crippen LogP contribution in [-0.4, -0.2) is 22.6 Å². The second-order valence-corrected chi connectivity index (χ2v) is 8.29. The van der Waals surface area contributed by atoms with Gasteiger partial charge in [0.15, 0.2) is 0 Å². The van der Waals surface area contributed by atoms with Gasteiger partial charge >= 0.3 is 0 Å². The molecule has 0 aliphatic heterocycles. The average Bonchev–Trinajstić information content (AvgIpc) is 3.21. The minimum absolute atomic E-state index is 0.0832. The van der Waals surface area contributed by atoms with E-state index < -0.39 is 0 Å². The van der Waals surface area contributed by atoms with Crippen molar-refractivity contribution in [1.29, 1.82) is 0 Å². The molecule has 4 aromatic rings. The zero-order valence-corrected chi connectivity index (χ0v) is 18.5. The van der Waals surface area contributed by atoms with Crippen LogP contribution in [0.4, 0.5) is 0 Å². The number of aryl methyl sites for hydroxylation is 2. The van der Waals surface area contributed by atoms with Crippen LogP contribution in [0.2, 0.25) is 0 Å². The van der Waals surface area contributed by atoms with Gasteiger partial charge in [-0.2, -0.15) is 0 Å². The number of methoxy groups -OCH3 is 1. The number of carbonyl (C=O) groups is 1. The lowest BCUT2D eigenvalue weighted by Crippen LogP contribution is -2.32. The van der Waals surface area contributed by atoms with E-state index in [0.29, 0.717) is 16.8 Å². The monoisotopic (exact) mass is 433 g/mol. The summed E-state index contributed by atoms with van der Waals surface area (Å²) in [7, 11) is 1.61. The molecule has 1 amide bonds. The lowest BCUT2D eigenvalue weighted by molar-refractivity contribution is -0.121. The van der Waals surface area contributed by atoms with Gasteiger partial charge in [0.2, 0.25) is 5.91 Å². The maximum atomic E-state index is 13.2. The molecule has 0 bridgehead atoms. The van der Waals surface area contributed by atoms with Crippen molar-refractivity contribution in [3.63, 3.8) is 0 Å². The summed E-state index contributed by atoms with van der Waals surface area (Å²) in [5.41, 5.74) is 4.94. The average molecular weight is 434 g/mol. The highest BCUT2D eigenvalue weighted by atomic mass is 32.1. The molecule has 7 heteroatoms. The van der Waals surface area contributed by atoms with E-state index in [4.69, 9.17) is 4.74 Å². The molecule has 1 N–H and O–H groups in total. The molecule has 0 saturated heterocycles. The Morgan fingerprint density at radius 2 is 1.90 bits per heavy atom. The van der Waals surface area contributed by atoms with Crippen LogP contribution in [0.5, 0.6) is 5.75 Å². The number of fused-ring (bicyclic) bond motifs is 1. The normalized spacial score (nSPS) is 10.9. The first-order chi connectivity index (χ1) is 15.0. The molecule has 2 aromatic carbocycles. The highest BCUT2D eigenvalue weighted by Gasteiger charge is 2.15. The number of thiophene rings is 1. The molecular formula is C24H23N3O3S. The van der Waals surface area contributed by atoms with Gasteiger partial charge in [-0.05, 0) is 48.2 Å². The van der Waals surface area contributed by atoms with Crippen molar-refractivity contribution in [3.8, 4) is 16.9 Å². The number of amides is 1. The number of nitrogens with one attached hydrogen (secondary N) is 1. The molecule has 0 atom stereocenters. The molecule has 0 aliphatic rings. The predicted molar refractivity (Wildman–Crippen MR) is 124 cm³/mol. The van der Waals surface area contributed by atoms with Crippen molar-refractivity contribution in [2.45, 2.75) is 26.9 Å². The summed E-state index contributed by atoms with van der Waals surface area (Å²) in [6, 6.07) is 13.6. The summed E-state index contributed by atoms with van der Waals surface area (Å²) in [5.74, 6) is 0.512. The third kappa shape index (κ3) is 4.36. The fourth-order valence-electron chi connectivity index (χ4n) is 3.36. The Morgan fingerprint density at radius 3 is 2.61 bits per heavy atom. The minimum Gasteiger partial charge on any atom is -0.497 e. The van der Waals surface area contributed by atoms with Crippen molar-refractivity contribution in [1.82, 2.24) is 14.9 Å². The number of carbonyl (C=O) groups excluding carboxylic acids is 1. The van der Waals surface area contributed by atoms with Gasteiger partial charge in [0.1, 0.15) is 17.1 Å². The van der Waals surface area contributed by atoms with Gasteiger partial charge in [-0.15, -0.1) is 11.3 Å². The van der Waals surface area contributed by atoms with E-state index in [-0.39, 0.29) is 18.0 Å². The van der Waals surface area contributed by atoms with Crippen molar-refractivity contribution >= 4 is 27.5 Å². The van der Waals surface area contributed by atoms with Gasteiger partial charge in [-0.25, -0.2) is 4.98 Å². The number of hydrogen-bond acceptors (Lipinski definition) is 5. The van der Waals surface area contributed by atoms with Crippen molar-refractivity contribution in [2.24, 2.45) is 0 Å². The summed E-state index contributed by atoms with van der Waals surface area (Å²) in [5, 5.41) is 5.36. The Hall–Kier alpha value is -3.45. The molecule has 0 unspecified atom stereocenters. The van der Waals surface area contributed by atoms with Crippen molar-refractivity contribution in [2.75, 3.05) is 7.11 Å². The lowest BCUT2D eigenvalue weighted by Gasteiger charge is -2.09. The van der Waals surface area contributed by atoms with Crippen LogP contribution in [0.1, 0.15) is 16.7 Å². The molecule has 31 heavy (non-hydrogen) atoms. The van der Waals surface area contributed by atoms with E-state index in [1.807, 2.05) is 35.7 Å². The molecule has 0 radical (unpaired) electrons. The second-order valence-electron chi connectivity index (χ2n) is 7.43. The number of aromatic nitrogens is 2. The number of rotatable bonds is 6. The van der Waals surface area contributed by atoms with Crippen LogP contribution in [0, 0.1) is 13.8 Å². The van der Waals surface area contributed by atoms with Crippen LogP contribution in [0.25, 0.3) is 21.3 Å². The SMILES string of the molecule is COc1ccc(CNC(=O)Cn2cnc3scc(-c4ccc(C)c(C)c4)c3c2=O)cc1. The number of ether oxygens (including phenoxy) is 1. The number of hydrogen-bond donors (Lipinski definition) is 1. The van der Waals surface area contributed by atoms with E-state index >= 15 is 0 Å². The molecular weight excluding hydrogens is 410 g/mol. The maximum Gasteiger partial charge on any atom is 0.263 e. The Balaban J connectivity index is 1.55. The molecule has 4 rings (SSSR count). The topological polar surface area (TPSA) is 73.2 Å².